The molecule has 0 aliphatic heterocycles. The largest absolute Gasteiger partial charge is 0.358 e. The number of alkyl halides is 2. The van der Waals surface area contributed by atoms with Crippen molar-refractivity contribution in [2.75, 3.05) is 0 Å². The predicted octanol–water partition coefficient (Wildman–Crippen LogP) is 3.42. The normalized spacial score (nSPS) is 12.1. The topological polar surface area (TPSA) is 38.7 Å². The fraction of sp³-hybridized carbons (Fsp3) is 0.167. The number of halogens is 2. The maximum atomic E-state index is 11.2. The smallest absolute Gasteiger partial charge is 0.313 e. The van der Waals surface area contributed by atoms with Crippen LogP contribution >= 0.6 is 23.2 Å². The molecule has 0 saturated heterocycles. The van der Waals surface area contributed by atoms with Crippen LogP contribution in [0.5, 0.6) is 0 Å². The van der Waals surface area contributed by atoms with Crippen LogP contribution in [0, 0.1) is 0 Å². The fourth-order valence-electron chi connectivity index (χ4n) is 0.916. The summed E-state index contributed by atoms with van der Waals surface area (Å²) in [6.07, 6.45) is 2.91. The first-order chi connectivity index (χ1) is 8.09. The van der Waals surface area contributed by atoms with E-state index in [1.165, 1.54) is 6.08 Å². The molecule has 0 aromatic heterocycles. The second-order valence-corrected chi connectivity index (χ2v) is 4.28. The van der Waals surface area contributed by atoms with E-state index in [0.29, 0.717) is 5.71 Å². The summed E-state index contributed by atoms with van der Waals surface area (Å²) < 4.78 is 0. The van der Waals surface area contributed by atoms with Crippen molar-refractivity contribution >= 4 is 41.0 Å². The maximum absolute atomic E-state index is 11.2. The van der Waals surface area contributed by atoms with E-state index in [2.05, 4.69) is 9.99 Å². The van der Waals surface area contributed by atoms with Gasteiger partial charge in [-0.25, -0.2) is 4.79 Å². The number of carbonyl (C=O) groups is 1. The Balaban J connectivity index is 2.51. The van der Waals surface area contributed by atoms with E-state index in [0.717, 1.165) is 5.56 Å². The maximum Gasteiger partial charge on any atom is 0.358 e. The lowest BCUT2D eigenvalue weighted by molar-refractivity contribution is -0.137. The Morgan fingerprint density at radius 3 is 2.59 bits per heavy atom. The Labute approximate surface area is 110 Å². The van der Waals surface area contributed by atoms with Gasteiger partial charge >= 0.3 is 5.97 Å². The van der Waals surface area contributed by atoms with E-state index in [-0.39, 0.29) is 0 Å². The van der Waals surface area contributed by atoms with Crippen LogP contribution < -0.4 is 0 Å². The Bertz CT molecular complexity index is 427. The van der Waals surface area contributed by atoms with Gasteiger partial charge in [-0.05, 0) is 18.6 Å². The van der Waals surface area contributed by atoms with Gasteiger partial charge in [0.1, 0.15) is 4.84 Å². The molecule has 0 aliphatic rings. The molecule has 0 fully saturated rings. The summed E-state index contributed by atoms with van der Waals surface area (Å²) in [6, 6.07) is 9.37. The van der Waals surface area contributed by atoms with Gasteiger partial charge in [-0.15, -0.1) is 0 Å². The Kier molecular flexibility index (Phi) is 5.73. The molecule has 0 bridgehead atoms. The number of rotatable bonds is 4. The van der Waals surface area contributed by atoms with Crippen molar-refractivity contribution in [2.45, 2.75) is 11.8 Å². The SMILES string of the molecule is CC(=NOC(=O)C=Cc1ccccc1)C(Cl)Cl. The third-order valence-corrected chi connectivity index (χ3v) is 2.44. The molecular weight excluding hydrogens is 261 g/mol. The highest BCUT2D eigenvalue weighted by atomic mass is 35.5. The molecule has 5 heteroatoms. The number of benzene rings is 1. The van der Waals surface area contributed by atoms with E-state index in [1.54, 1.807) is 13.0 Å². The molecule has 0 heterocycles. The van der Waals surface area contributed by atoms with E-state index < -0.39 is 10.8 Å². The first kappa shape index (κ1) is 13.7. The Morgan fingerprint density at radius 1 is 1.35 bits per heavy atom. The van der Waals surface area contributed by atoms with Crippen molar-refractivity contribution in [3.63, 3.8) is 0 Å². The van der Waals surface area contributed by atoms with Crippen molar-refractivity contribution in [3.05, 3.63) is 42.0 Å². The monoisotopic (exact) mass is 271 g/mol. The van der Waals surface area contributed by atoms with Crippen LogP contribution in [0.15, 0.2) is 41.6 Å². The van der Waals surface area contributed by atoms with Crippen LogP contribution in [0.25, 0.3) is 6.08 Å². The molecule has 0 atom stereocenters. The van der Waals surface area contributed by atoms with Gasteiger partial charge in [0, 0.05) is 6.08 Å². The molecule has 0 aliphatic carbocycles. The van der Waals surface area contributed by atoms with Gasteiger partial charge in [-0.3, -0.25) is 0 Å². The summed E-state index contributed by atoms with van der Waals surface area (Å²) in [4.78, 5) is 15.0. The number of hydrogen-bond acceptors (Lipinski definition) is 3. The zero-order valence-corrected chi connectivity index (χ0v) is 10.7. The summed E-state index contributed by atoms with van der Waals surface area (Å²) in [6.45, 7) is 1.57. The second-order valence-electron chi connectivity index (χ2n) is 3.19. The molecule has 0 radical (unpaired) electrons. The number of hydrogen-bond donors (Lipinski definition) is 0. The Hall–Kier alpha value is -1.32. The van der Waals surface area contributed by atoms with Crippen LogP contribution in [0.3, 0.4) is 0 Å². The van der Waals surface area contributed by atoms with E-state index >= 15 is 0 Å². The molecule has 3 nitrogen and oxygen atoms in total. The van der Waals surface area contributed by atoms with Gasteiger partial charge in [-0.1, -0.05) is 58.7 Å². The van der Waals surface area contributed by atoms with E-state index in [9.17, 15) is 4.79 Å². The summed E-state index contributed by atoms with van der Waals surface area (Å²) in [5, 5.41) is 3.49. The molecule has 0 amide bonds. The van der Waals surface area contributed by atoms with Gasteiger partial charge in [-0.2, -0.15) is 0 Å². The van der Waals surface area contributed by atoms with Crippen LogP contribution in [0.4, 0.5) is 0 Å². The van der Waals surface area contributed by atoms with Gasteiger partial charge in [0.15, 0.2) is 0 Å². The number of carbonyl (C=O) groups excluding carboxylic acids is 1. The van der Waals surface area contributed by atoms with Crippen LogP contribution in [0.1, 0.15) is 12.5 Å². The lowest BCUT2D eigenvalue weighted by atomic mass is 10.2. The van der Waals surface area contributed by atoms with Gasteiger partial charge in [0.2, 0.25) is 0 Å². The van der Waals surface area contributed by atoms with Crippen molar-refractivity contribution in [2.24, 2.45) is 5.16 Å². The molecule has 90 valence electrons. The first-order valence-corrected chi connectivity index (χ1v) is 5.73. The van der Waals surface area contributed by atoms with Gasteiger partial charge < -0.3 is 4.84 Å². The molecule has 0 saturated carbocycles. The lowest BCUT2D eigenvalue weighted by Crippen LogP contribution is -2.05. The van der Waals surface area contributed by atoms with Crippen molar-refractivity contribution < 1.29 is 9.63 Å². The van der Waals surface area contributed by atoms with Crippen LogP contribution in [-0.2, 0) is 9.63 Å². The van der Waals surface area contributed by atoms with Gasteiger partial charge in [0.05, 0.1) is 5.71 Å². The first-order valence-electron chi connectivity index (χ1n) is 4.86. The molecule has 1 aromatic carbocycles. The lowest BCUT2D eigenvalue weighted by Gasteiger charge is -1.98. The van der Waals surface area contributed by atoms with E-state index in [4.69, 9.17) is 23.2 Å². The van der Waals surface area contributed by atoms with E-state index in [1.807, 2.05) is 30.3 Å². The minimum atomic E-state index is -0.777. The minimum Gasteiger partial charge on any atom is -0.313 e. The predicted molar refractivity (Wildman–Crippen MR) is 70.2 cm³/mol. The van der Waals surface area contributed by atoms with Crippen molar-refractivity contribution in [1.82, 2.24) is 0 Å². The summed E-state index contributed by atoms with van der Waals surface area (Å²) in [5.74, 6) is -0.581. The zero-order valence-electron chi connectivity index (χ0n) is 9.14. The summed E-state index contributed by atoms with van der Waals surface area (Å²) in [5.41, 5.74) is 1.23. The molecule has 0 spiro atoms. The van der Waals surface area contributed by atoms with Gasteiger partial charge in [0.25, 0.3) is 0 Å². The molecule has 1 rings (SSSR count). The minimum absolute atomic E-state index is 0.329. The fourth-order valence-corrected chi connectivity index (χ4v) is 0.995. The highest BCUT2D eigenvalue weighted by Crippen LogP contribution is 2.05. The highest BCUT2D eigenvalue weighted by molar-refractivity contribution is 6.54. The third-order valence-electron chi connectivity index (χ3n) is 1.81. The molecule has 1 aromatic rings. The van der Waals surface area contributed by atoms with Crippen LogP contribution in [0.2, 0.25) is 0 Å². The number of oxime groups is 1. The quantitative estimate of drug-likeness (QED) is 0.277. The molecule has 0 N–H and O–H groups in total. The third kappa shape index (κ3) is 5.52. The Morgan fingerprint density at radius 2 is 2.00 bits per heavy atom. The molecule has 17 heavy (non-hydrogen) atoms. The zero-order chi connectivity index (χ0) is 12.7. The second kappa shape index (κ2) is 7.09. The standard InChI is InChI=1S/C12H11Cl2NO2/c1-9(12(13)14)15-17-11(16)8-7-10-5-3-2-4-6-10/h2-8,12H,1H3. The number of nitrogens with zero attached hydrogens (tertiary/aromatic N) is 1. The van der Waals surface area contributed by atoms with Crippen molar-refractivity contribution in [1.29, 1.82) is 0 Å². The van der Waals surface area contributed by atoms with Crippen LogP contribution in [-0.4, -0.2) is 16.5 Å². The molecule has 0 unspecified atom stereocenters. The average molecular weight is 272 g/mol. The molecular formula is C12H11Cl2NO2. The highest BCUT2D eigenvalue weighted by Gasteiger charge is 2.04. The summed E-state index contributed by atoms with van der Waals surface area (Å²) >= 11 is 11.0. The van der Waals surface area contributed by atoms with Crippen molar-refractivity contribution in [3.8, 4) is 0 Å². The summed E-state index contributed by atoms with van der Waals surface area (Å²) in [7, 11) is 0. The average Bonchev–Trinajstić information content (AvgIpc) is 2.34.